The molecule has 5 aromatic rings. The van der Waals surface area contributed by atoms with E-state index in [2.05, 4.69) is 9.88 Å². The van der Waals surface area contributed by atoms with Crippen LogP contribution in [0.3, 0.4) is 0 Å². The molecule has 1 fully saturated rings. The third-order valence-electron chi connectivity index (χ3n) is 6.74. The molecule has 0 bridgehead atoms. The maximum atomic E-state index is 13.7. The number of rotatable bonds is 3. The summed E-state index contributed by atoms with van der Waals surface area (Å²) in [5.74, 6) is 0.193. The first-order valence-electron chi connectivity index (χ1n) is 11.6. The number of amides is 1. The number of benzene rings is 3. The van der Waals surface area contributed by atoms with Crippen molar-refractivity contribution in [2.45, 2.75) is 38.1 Å². The lowest BCUT2D eigenvalue weighted by Gasteiger charge is -2.25. The predicted molar refractivity (Wildman–Crippen MR) is 133 cm³/mol. The third-order valence-corrected chi connectivity index (χ3v) is 6.74. The molecule has 1 aliphatic carbocycles. The molecule has 3 N–H and O–H groups in total. The van der Waals surface area contributed by atoms with E-state index in [1.54, 1.807) is 0 Å². The minimum absolute atomic E-state index is 0.232. The first kappa shape index (κ1) is 19.7. The van der Waals surface area contributed by atoms with Crippen LogP contribution < -0.4 is 11.1 Å². The van der Waals surface area contributed by atoms with Crippen LogP contribution in [0.1, 0.15) is 48.5 Å². The molecule has 0 unspecified atom stereocenters. The van der Waals surface area contributed by atoms with Gasteiger partial charge in [-0.2, -0.15) is 0 Å². The number of hydrogen-bond donors (Lipinski definition) is 2. The van der Waals surface area contributed by atoms with Gasteiger partial charge in [0.25, 0.3) is 5.91 Å². The molecule has 164 valence electrons. The van der Waals surface area contributed by atoms with Crippen LogP contribution in [0.15, 0.2) is 66.7 Å². The Labute approximate surface area is 191 Å². The molecule has 6 nitrogen and oxygen atoms in total. The Morgan fingerprint density at radius 2 is 1.58 bits per heavy atom. The molecule has 1 aliphatic rings. The summed E-state index contributed by atoms with van der Waals surface area (Å²) in [6.45, 7) is 0. The summed E-state index contributed by atoms with van der Waals surface area (Å²) in [4.78, 5) is 23.4. The average molecular weight is 436 g/mol. The van der Waals surface area contributed by atoms with Crippen LogP contribution in [0.25, 0.3) is 33.0 Å². The minimum atomic E-state index is -0.256. The summed E-state index contributed by atoms with van der Waals surface area (Å²) in [6, 6.07) is 21.9. The molecule has 2 aromatic heterocycles. The second kappa shape index (κ2) is 7.89. The van der Waals surface area contributed by atoms with E-state index in [9.17, 15) is 4.79 Å². The number of nitrogen functional groups attached to an aromatic ring is 1. The molecule has 2 heterocycles. The van der Waals surface area contributed by atoms with E-state index in [0.717, 1.165) is 53.2 Å². The van der Waals surface area contributed by atoms with Crippen LogP contribution in [0, 0.1) is 0 Å². The van der Waals surface area contributed by atoms with Crippen LogP contribution in [0.4, 0.5) is 11.5 Å². The molecule has 6 rings (SSSR count). The molecule has 3 aromatic carbocycles. The van der Waals surface area contributed by atoms with E-state index in [1.807, 2.05) is 66.7 Å². The van der Waals surface area contributed by atoms with Crippen molar-refractivity contribution in [1.82, 2.24) is 14.5 Å². The SMILES string of the molecule is Nc1c(C(=O)Nc2cccc3ccccc23)c2nc3ccccc3nc2n1C1CCCCC1. The highest BCUT2D eigenvalue weighted by Crippen LogP contribution is 2.37. The number of para-hydroxylation sites is 2. The van der Waals surface area contributed by atoms with Crippen LogP contribution in [0.5, 0.6) is 0 Å². The van der Waals surface area contributed by atoms with Crippen molar-refractivity contribution < 1.29 is 4.79 Å². The van der Waals surface area contributed by atoms with Crippen LogP contribution in [0.2, 0.25) is 0 Å². The van der Waals surface area contributed by atoms with E-state index in [-0.39, 0.29) is 11.9 Å². The molecule has 1 amide bonds. The summed E-state index contributed by atoms with van der Waals surface area (Å²) < 4.78 is 2.06. The Kier molecular flexibility index (Phi) is 4.72. The van der Waals surface area contributed by atoms with Crippen LogP contribution in [-0.4, -0.2) is 20.4 Å². The van der Waals surface area contributed by atoms with E-state index >= 15 is 0 Å². The lowest BCUT2D eigenvalue weighted by molar-refractivity contribution is 0.102. The van der Waals surface area contributed by atoms with Gasteiger partial charge >= 0.3 is 0 Å². The largest absolute Gasteiger partial charge is 0.384 e. The summed E-state index contributed by atoms with van der Waals surface area (Å²) in [6.07, 6.45) is 5.61. The van der Waals surface area contributed by atoms with E-state index in [0.29, 0.717) is 22.5 Å². The topological polar surface area (TPSA) is 85.8 Å². The Bertz CT molecular complexity index is 1510. The Morgan fingerprint density at radius 1 is 0.879 bits per heavy atom. The molecule has 6 heteroatoms. The van der Waals surface area contributed by atoms with E-state index in [4.69, 9.17) is 15.7 Å². The van der Waals surface area contributed by atoms with Crippen molar-refractivity contribution in [1.29, 1.82) is 0 Å². The van der Waals surface area contributed by atoms with Crippen molar-refractivity contribution >= 4 is 50.4 Å². The Balaban J connectivity index is 1.53. The van der Waals surface area contributed by atoms with Gasteiger partial charge in [0, 0.05) is 17.1 Å². The monoisotopic (exact) mass is 435 g/mol. The van der Waals surface area contributed by atoms with Crippen LogP contribution >= 0.6 is 0 Å². The summed E-state index contributed by atoms with van der Waals surface area (Å²) in [7, 11) is 0. The third kappa shape index (κ3) is 3.30. The summed E-state index contributed by atoms with van der Waals surface area (Å²) in [5, 5.41) is 5.15. The lowest BCUT2D eigenvalue weighted by atomic mass is 9.95. The Morgan fingerprint density at radius 3 is 2.39 bits per heavy atom. The summed E-state index contributed by atoms with van der Waals surface area (Å²) in [5.41, 5.74) is 10.7. The molecular formula is C27H25N5O. The second-order valence-electron chi connectivity index (χ2n) is 8.79. The van der Waals surface area contributed by atoms with Gasteiger partial charge in [0.15, 0.2) is 5.65 Å². The number of nitrogens with zero attached hydrogens (tertiary/aromatic N) is 3. The first-order chi connectivity index (χ1) is 16.2. The Hall–Kier alpha value is -3.93. The first-order valence-corrected chi connectivity index (χ1v) is 11.6. The molecule has 33 heavy (non-hydrogen) atoms. The number of carbonyl (C=O) groups is 1. The van der Waals surface area contributed by atoms with Gasteiger partial charge in [0.1, 0.15) is 16.9 Å². The lowest BCUT2D eigenvalue weighted by Crippen LogP contribution is -2.18. The van der Waals surface area contributed by atoms with Gasteiger partial charge < -0.3 is 15.6 Å². The fourth-order valence-electron chi connectivity index (χ4n) is 5.13. The fraction of sp³-hybridized carbons (Fsp3) is 0.222. The molecule has 1 saturated carbocycles. The fourth-order valence-corrected chi connectivity index (χ4v) is 5.13. The summed E-state index contributed by atoms with van der Waals surface area (Å²) >= 11 is 0. The van der Waals surface area contributed by atoms with Crippen molar-refractivity contribution in [2.24, 2.45) is 0 Å². The highest BCUT2D eigenvalue weighted by atomic mass is 16.1. The highest BCUT2D eigenvalue weighted by Gasteiger charge is 2.28. The second-order valence-corrected chi connectivity index (χ2v) is 8.79. The zero-order chi connectivity index (χ0) is 22.4. The maximum absolute atomic E-state index is 13.7. The van der Waals surface area contributed by atoms with Gasteiger partial charge in [0.05, 0.1) is 11.0 Å². The van der Waals surface area contributed by atoms with Crippen molar-refractivity contribution in [3.8, 4) is 0 Å². The quantitative estimate of drug-likeness (QED) is 0.360. The minimum Gasteiger partial charge on any atom is -0.384 e. The van der Waals surface area contributed by atoms with Gasteiger partial charge in [0.2, 0.25) is 0 Å². The van der Waals surface area contributed by atoms with Gasteiger partial charge in [-0.05, 0) is 36.4 Å². The molecule has 0 spiro atoms. The van der Waals surface area contributed by atoms with Gasteiger partial charge in [-0.25, -0.2) is 9.97 Å². The standard InChI is InChI=1S/C27H25N5O/c28-25-23(27(33)31-20-16-8-10-17-9-4-5-13-19(17)20)24-26(32(25)18-11-2-1-3-12-18)30-22-15-7-6-14-21(22)29-24/h4-10,13-16,18H,1-3,11-12,28H2,(H,31,33). The number of aromatic nitrogens is 3. The molecular weight excluding hydrogens is 410 g/mol. The zero-order valence-electron chi connectivity index (χ0n) is 18.3. The number of nitrogens with two attached hydrogens (primary N) is 1. The molecule has 0 atom stereocenters. The number of anilines is 2. The number of hydrogen-bond acceptors (Lipinski definition) is 4. The maximum Gasteiger partial charge on any atom is 0.261 e. The van der Waals surface area contributed by atoms with E-state index in [1.165, 1.54) is 6.42 Å². The van der Waals surface area contributed by atoms with Gasteiger partial charge in [-0.15, -0.1) is 0 Å². The molecule has 0 saturated heterocycles. The van der Waals surface area contributed by atoms with Gasteiger partial charge in [-0.3, -0.25) is 4.79 Å². The number of carbonyl (C=O) groups excluding carboxylic acids is 1. The smallest absolute Gasteiger partial charge is 0.261 e. The molecule has 0 aliphatic heterocycles. The average Bonchev–Trinajstić information content (AvgIpc) is 3.14. The van der Waals surface area contributed by atoms with Gasteiger partial charge in [-0.1, -0.05) is 67.8 Å². The normalized spacial score (nSPS) is 14.8. The highest BCUT2D eigenvalue weighted by molar-refractivity contribution is 6.17. The number of fused-ring (bicyclic) bond motifs is 3. The molecule has 0 radical (unpaired) electrons. The van der Waals surface area contributed by atoms with Crippen molar-refractivity contribution in [3.05, 3.63) is 72.3 Å². The number of nitrogens with one attached hydrogen (secondary N) is 1. The van der Waals surface area contributed by atoms with E-state index < -0.39 is 0 Å². The van der Waals surface area contributed by atoms with Crippen molar-refractivity contribution in [3.63, 3.8) is 0 Å². The zero-order valence-corrected chi connectivity index (χ0v) is 18.3. The van der Waals surface area contributed by atoms with Crippen LogP contribution in [-0.2, 0) is 0 Å². The van der Waals surface area contributed by atoms with Crippen molar-refractivity contribution in [2.75, 3.05) is 11.1 Å². The predicted octanol–water partition coefficient (Wildman–Crippen LogP) is 6.08.